The number of halogens is 2. The van der Waals surface area contributed by atoms with Crippen molar-refractivity contribution in [2.45, 2.75) is 19.0 Å². The van der Waals surface area contributed by atoms with Crippen LogP contribution in [0.3, 0.4) is 0 Å². The van der Waals surface area contributed by atoms with Crippen LogP contribution in [0.4, 0.5) is 0 Å². The van der Waals surface area contributed by atoms with Crippen LogP contribution >= 0.6 is 31.9 Å². The Balaban J connectivity index is 1.89. The minimum atomic E-state index is 0.0186. The number of nitrogens with one attached hydrogen (secondary N) is 1. The Morgan fingerprint density at radius 1 is 1.21 bits per heavy atom. The Labute approximate surface area is 129 Å². The van der Waals surface area contributed by atoms with Crippen molar-refractivity contribution in [3.8, 4) is 0 Å². The van der Waals surface area contributed by atoms with Crippen molar-refractivity contribution >= 4 is 31.9 Å². The fraction of sp³-hybridized carbons (Fsp3) is 0.286. The zero-order valence-electron chi connectivity index (χ0n) is 10.3. The molecule has 0 unspecified atom stereocenters. The third-order valence-electron chi connectivity index (χ3n) is 2.81. The normalized spacial score (nSPS) is 12.6. The van der Waals surface area contributed by atoms with Crippen molar-refractivity contribution < 1.29 is 9.52 Å². The lowest BCUT2D eigenvalue weighted by Crippen LogP contribution is -2.33. The quantitative estimate of drug-likeness (QED) is 0.795. The SMILES string of the molecule is OC[C@@H](Cc1ccccc1)NCc1cc(Br)c(Br)o1. The fourth-order valence-electron chi connectivity index (χ4n) is 1.82. The smallest absolute Gasteiger partial charge is 0.183 e. The van der Waals surface area contributed by atoms with Gasteiger partial charge in [-0.25, -0.2) is 0 Å². The van der Waals surface area contributed by atoms with E-state index in [0.29, 0.717) is 11.2 Å². The molecule has 5 heteroatoms. The maximum Gasteiger partial charge on any atom is 0.183 e. The summed E-state index contributed by atoms with van der Waals surface area (Å²) in [5.74, 6) is 0.824. The molecule has 0 radical (unpaired) electrons. The van der Waals surface area contributed by atoms with Crippen molar-refractivity contribution in [3.63, 3.8) is 0 Å². The summed E-state index contributed by atoms with van der Waals surface area (Å²) in [5, 5.41) is 12.7. The number of benzene rings is 1. The number of hydrogen-bond donors (Lipinski definition) is 2. The highest BCUT2D eigenvalue weighted by atomic mass is 79.9. The van der Waals surface area contributed by atoms with E-state index in [1.807, 2.05) is 24.3 Å². The standard InChI is InChI=1S/C14H15Br2NO2/c15-13-7-12(19-14(13)16)8-17-11(9-18)6-10-4-2-1-3-5-10/h1-5,7,11,17-18H,6,8-9H2/t11-/m1/s1. The predicted molar refractivity (Wildman–Crippen MR) is 82.0 cm³/mol. The average molecular weight is 389 g/mol. The second-order valence-electron chi connectivity index (χ2n) is 4.28. The van der Waals surface area contributed by atoms with Gasteiger partial charge in [-0.2, -0.15) is 0 Å². The van der Waals surface area contributed by atoms with Gasteiger partial charge in [0.2, 0.25) is 0 Å². The maximum absolute atomic E-state index is 9.41. The Morgan fingerprint density at radius 2 is 1.95 bits per heavy atom. The summed E-state index contributed by atoms with van der Waals surface area (Å²) in [5.41, 5.74) is 1.20. The maximum atomic E-state index is 9.41. The van der Waals surface area contributed by atoms with Crippen LogP contribution in [0, 0.1) is 0 Å². The van der Waals surface area contributed by atoms with Crippen molar-refractivity contribution in [2.24, 2.45) is 0 Å². The van der Waals surface area contributed by atoms with E-state index in [1.54, 1.807) is 0 Å². The molecule has 0 aliphatic rings. The number of aliphatic hydroxyl groups is 1. The first kappa shape index (κ1) is 14.8. The van der Waals surface area contributed by atoms with Gasteiger partial charge in [-0.15, -0.1) is 0 Å². The lowest BCUT2D eigenvalue weighted by Gasteiger charge is -2.15. The topological polar surface area (TPSA) is 45.4 Å². The molecule has 0 saturated heterocycles. The molecule has 3 nitrogen and oxygen atoms in total. The highest BCUT2D eigenvalue weighted by Crippen LogP contribution is 2.26. The molecule has 1 aromatic heterocycles. The van der Waals surface area contributed by atoms with Gasteiger partial charge < -0.3 is 14.8 Å². The molecule has 1 aromatic carbocycles. The van der Waals surface area contributed by atoms with E-state index in [2.05, 4.69) is 49.3 Å². The van der Waals surface area contributed by atoms with Gasteiger partial charge in [0.25, 0.3) is 0 Å². The summed E-state index contributed by atoms with van der Waals surface area (Å²) in [4.78, 5) is 0. The van der Waals surface area contributed by atoms with Crippen molar-refractivity contribution in [1.82, 2.24) is 5.32 Å². The van der Waals surface area contributed by atoms with Crippen molar-refractivity contribution in [2.75, 3.05) is 6.61 Å². The third-order valence-corrected chi connectivity index (χ3v) is 4.52. The molecule has 102 valence electrons. The largest absolute Gasteiger partial charge is 0.452 e. The number of hydrogen-bond acceptors (Lipinski definition) is 3. The lowest BCUT2D eigenvalue weighted by molar-refractivity contribution is 0.238. The zero-order chi connectivity index (χ0) is 13.7. The molecule has 0 spiro atoms. The van der Waals surface area contributed by atoms with Gasteiger partial charge in [-0.3, -0.25) is 0 Å². The van der Waals surface area contributed by atoms with E-state index < -0.39 is 0 Å². The molecule has 0 aliphatic carbocycles. The van der Waals surface area contributed by atoms with Gasteiger partial charge in [0, 0.05) is 6.04 Å². The summed E-state index contributed by atoms with van der Waals surface area (Å²) in [6.45, 7) is 0.681. The molecular formula is C14H15Br2NO2. The molecule has 0 bridgehead atoms. The second kappa shape index (κ2) is 7.24. The summed E-state index contributed by atoms with van der Waals surface area (Å²) >= 11 is 6.68. The first-order valence-electron chi connectivity index (χ1n) is 6.01. The van der Waals surface area contributed by atoms with E-state index in [0.717, 1.165) is 16.7 Å². The molecule has 0 aliphatic heterocycles. The van der Waals surface area contributed by atoms with Crippen LogP contribution in [0.2, 0.25) is 0 Å². The van der Waals surface area contributed by atoms with E-state index >= 15 is 0 Å². The Hall–Kier alpha value is -0.620. The molecule has 1 atom stereocenters. The van der Waals surface area contributed by atoms with Crippen LogP contribution in [-0.4, -0.2) is 17.8 Å². The fourth-order valence-corrected chi connectivity index (χ4v) is 2.48. The number of furan rings is 1. The first-order chi connectivity index (χ1) is 9.19. The number of rotatable bonds is 6. The van der Waals surface area contributed by atoms with Crippen molar-refractivity contribution in [3.05, 3.63) is 56.9 Å². The molecule has 0 fully saturated rings. The third kappa shape index (κ3) is 4.45. The molecule has 0 amide bonds. The van der Waals surface area contributed by atoms with Crippen LogP contribution < -0.4 is 5.32 Å². The highest BCUT2D eigenvalue weighted by Gasteiger charge is 2.10. The molecule has 0 saturated carbocycles. The van der Waals surface area contributed by atoms with Crippen LogP contribution in [-0.2, 0) is 13.0 Å². The minimum Gasteiger partial charge on any atom is -0.452 e. The Kier molecular flexibility index (Phi) is 5.63. The van der Waals surface area contributed by atoms with Crippen LogP contribution in [0.1, 0.15) is 11.3 Å². The molecule has 2 aromatic rings. The van der Waals surface area contributed by atoms with Gasteiger partial charge in [-0.1, -0.05) is 30.3 Å². The summed E-state index contributed by atoms with van der Waals surface area (Å²) < 4.78 is 7.07. The molecule has 19 heavy (non-hydrogen) atoms. The summed E-state index contributed by atoms with van der Waals surface area (Å²) in [7, 11) is 0. The zero-order valence-corrected chi connectivity index (χ0v) is 13.4. The molecule has 2 N–H and O–H groups in total. The van der Waals surface area contributed by atoms with E-state index in [1.165, 1.54) is 5.56 Å². The van der Waals surface area contributed by atoms with Crippen molar-refractivity contribution in [1.29, 1.82) is 0 Å². The van der Waals surface area contributed by atoms with E-state index in [9.17, 15) is 5.11 Å². The Morgan fingerprint density at radius 3 is 2.53 bits per heavy atom. The average Bonchev–Trinajstić information content (AvgIpc) is 2.75. The first-order valence-corrected chi connectivity index (χ1v) is 7.59. The van der Waals surface area contributed by atoms with Gasteiger partial charge in [0.1, 0.15) is 5.76 Å². The summed E-state index contributed by atoms with van der Waals surface area (Å²) in [6.07, 6.45) is 0.792. The van der Waals surface area contributed by atoms with E-state index in [-0.39, 0.29) is 12.6 Å². The highest BCUT2D eigenvalue weighted by molar-refractivity contribution is 9.13. The molecule has 2 rings (SSSR count). The predicted octanol–water partition coefficient (Wildman–Crippen LogP) is 3.50. The minimum absolute atomic E-state index is 0.0186. The molecule has 1 heterocycles. The lowest BCUT2D eigenvalue weighted by atomic mass is 10.1. The second-order valence-corrected chi connectivity index (χ2v) is 5.86. The van der Waals surface area contributed by atoms with Crippen LogP contribution in [0.25, 0.3) is 0 Å². The number of aliphatic hydroxyl groups excluding tert-OH is 1. The van der Waals surface area contributed by atoms with Gasteiger partial charge in [0.15, 0.2) is 4.67 Å². The van der Waals surface area contributed by atoms with Gasteiger partial charge in [0.05, 0.1) is 17.6 Å². The van der Waals surface area contributed by atoms with Crippen LogP contribution in [0.15, 0.2) is 50.0 Å². The van der Waals surface area contributed by atoms with Gasteiger partial charge >= 0.3 is 0 Å². The monoisotopic (exact) mass is 387 g/mol. The molecular weight excluding hydrogens is 374 g/mol. The van der Waals surface area contributed by atoms with Crippen LogP contribution in [0.5, 0.6) is 0 Å². The van der Waals surface area contributed by atoms with Gasteiger partial charge in [-0.05, 0) is 49.9 Å². The summed E-state index contributed by atoms with van der Waals surface area (Å²) in [6, 6.07) is 12.0. The Bertz CT molecular complexity index is 494. The van der Waals surface area contributed by atoms with E-state index in [4.69, 9.17) is 4.42 Å².